The molecule has 1 aromatic rings. The Morgan fingerprint density at radius 3 is 3.00 bits per heavy atom. The summed E-state index contributed by atoms with van der Waals surface area (Å²) in [4.78, 5) is 23.2. The fourth-order valence-electron chi connectivity index (χ4n) is 3.69. The summed E-state index contributed by atoms with van der Waals surface area (Å²) in [6.07, 6.45) is 8.20. The first-order valence-electron chi connectivity index (χ1n) is 9.90. The van der Waals surface area contributed by atoms with Gasteiger partial charge in [0.05, 0.1) is 12.0 Å². The van der Waals surface area contributed by atoms with Crippen LogP contribution in [0.15, 0.2) is 49.8 Å². The van der Waals surface area contributed by atoms with Crippen molar-refractivity contribution < 1.29 is 18.6 Å². The molecule has 4 heterocycles. The maximum absolute atomic E-state index is 12.5. The summed E-state index contributed by atoms with van der Waals surface area (Å²) in [5.74, 6) is 7.96. The van der Waals surface area contributed by atoms with E-state index in [4.69, 9.17) is 15.0 Å². The number of furan rings is 1. The van der Waals surface area contributed by atoms with Gasteiger partial charge in [0.2, 0.25) is 0 Å². The largest absolute Gasteiger partial charge is 0.461 e. The molecule has 4 rings (SSSR count). The Morgan fingerprint density at radius 2 is 2.28 bits per heavy atom. The number of ether oxygens (including phenoxy) is 1. The van der Waals surface area contributed by atoms with Crippen LogP contribution in [0.3, 0.4) is 0 Å². The van der Waals surface area contributed by atoms with Gasteiger partial charge in [-0.1, -0.05) is 0 Å². The van der Waals surface area contributed by atoms with Gasteiger partial charge in [0.1, 0.15) is 11.8 Å². The summed E-state index contributed by atoms with van der Waals surface area (Å²) in [7, 11) is 0. The monoisotopic (exact) mass is 399 g/mol. The molecule has 3 aliphatic rings. The third-order valence-corrected chi connectivity index (χ3v) is 5.02. The number of fused-ring (bicyclic) bond motifs is 1. The number of allylic oxidation sites excluding steroid dienone is 1. The highest BCUT2D eigenvalue weighted by atomic mass is 16.6. The minimum atomic E-state index is -0.494. The smallest absolute Gasteiger partial charge is 0.410 e. The van der Waals surface area contributed by atoms with Gasteiger partial charge in [-0.3, -0.25) is 0 Å². The maximum Gasteiger partial charge on any atom is 0.410 e. The molecule has 9 nitrogen and oxygen atoms in total. The van der Waals surface area contributed by atoms with E-state index in [1.165, 1.54) is 0 Å². The molecule has 0 aromatic carbocycles. The predicted molar refractivity (Wildman–Crippen MR) is 109 cm³/mol. The van der Waals surface area contributed by atoms with Gasteiger partial charge in [0.25, 0.3) is 11.7 Å². The lowest BCUT2D eigenvalue weighted by Crippen LogP contribution is -2.50. The standard InChI is InChI=1S/C20H27N6O3/c1-20(2,3)29-19(27)25-10-4-6-15(25)9-8-14-13-26(21)17(12-22-14)23-18(24-26)16-7-5-11-28-16/h5,7,11-13,15H,4,6,8-10,21H2,1-3H3/q+1. The number of likely N-dealkylation sites (tertiary alicyclic amines) is 1. The molecule has 0 spiro atoms. The van der Waals surface area contributed by atoms with Crippen LogP contribution in [0, 0.1) is 0 Å². The number of nitrogens with two attached hydrogens (primary N) is 1. The zero-order valence-electron chi connectivity index (χ0n) is 17.0. The van der Waals surface area contributed by atoms with Gasteiger partial charge in [-0.05, 0) is 68.4 Å². The van der Waals surface area contributed by atoms with Crippen molar-refractivity contribution in [3.8, 4) is 0 Å². The van der Waals surface area contributed by atoms with E-state index >= 15 is 0 Å². The lowest BCUT2D eigenvalue weighted by Gasteiger charge is -2.28. The number of amides is 1. The first-order chi connectivity index (χ1) is 13.7. The molecule has 0 aliphatic carbocycles. The minimum absolute atomic E-state index is 0.142. The number of hydrogen-bond donors (Lipinski definition) is 1. The van der Waals surface area contributed by atoms with E-state index < -0.39 is 5.60 Å². The van der Waals surface area contributed by atoms with E-state index in [9.17, 15) is 4.79 Å². The van der Waals surface area contributed by atoms with Crippen LogP contribution < -0.4 is 5.84 Å². The molecule has 29 heavy (non-hydrogen) atoms. The quantitative estimate of drug-likeness (QED) is 0.620. The number of carbonyl (C=O) groups excluding carboxylic acids is 1. The molecule has 3 aliphatic heterocycles. The number of carbonyl (C=O) groups is 1. The molecule has 9 heteroatoms. The molecule has 2 unspecified atom stereocenters. The third-order valence-electron chi connectivity index (χ3n) is 5.02. The zero-order chi connectivity index (χ0) is 20.6. The van der Waals surface area contributed by atoms with Gasteiger partial charge in [-0.15, -0.1) is 5.84 Å². The molecule has 0 bridgehead atoms. The molecular formula is C20H27N6O3+. The number of nitrogens with zero attached hydrogens (tertiary/aromatic N) is 5. The highest BCUT2D eigenvalue weighted by Crippen LogP contribution is 2.28. The highest BCUT2D eigenvalue weighted by molar-refractivity contribution is 6.31. The van der Waals surface area contributed by atoms with Crippen molar-refractivity contribution in [1.82, 2.24) is 4.90 Å². The molecule has 1 fully saturated rings. The van der Waals surface area contributed by atoms with Gasteiger partial charge in [0.15, 0.2) is 12.0 Å². The third kappa shape index (κ3) is 4.15. The summed E-state index contributed by atoms with van der Waals surface area (Å²) in [5, 5.41) is 4.48. The first kappa shape index (κ1) is 19.5. The van der Waals surface area contributed by atoms with Crippen LogP contribution in [0.5, 0.6) is 0 Å². The highest BCUT2D eigenvalue weighted by Gasteiger charge is 2.40. The van der Waals surface area contributed by atoms with Crippen LogP contribution in [-0.4, -0.2) is 51.8 Å². The Kier molecular flexibility index (Phi) is 4.87. The summed E-state index contributed by atoms with van der Waals surface area (Å²) >= 11 is 0. The Labute approximate surface area is 169 Å². The predicted octanol–water partition coefficient (Wildman–Crippen LogP) is 3.15. The summed E-state index contributed by atoms with van der Waals surface area (Å²) in [6, 6.07) is 3.72. The van der Waals surface area contributed by atoms with Crippen LogP contribution in [0.25, 0.3) is 0 Å². The average Bonchev–Trinajstić information content (AvgIpc) is 3.36. The number of aliphatic imine (C=N–C) groups is 2. The molecule has 1 amide bonds. The first-order valence-corrected chi connectivity index (χ1v) is 9.90. The normalized spacial score (nSPS) is 26.1. The number of quaternary nitrogens is 1. The SMILES string of the molecule is CC(C)(C)OC(=O)N1CCCC1CCC1=C[N+]2(N)N=C(c3ccco3)N=C2C=N1. The van der Waals surface area contributed by atoms with Gasteiger partial charge in [-0.25, -0.2) is 9.79 Å². The van der Waals surface area contributed by atoms with Crippen molar-refractivity contribution >= 4 is 24.0 Å². The number of hydrogen-bond acceptors (Lipinski definition) is 7. The van der Waals surface area contributed by atoms with E-state index in [0.717, 1.165) is 31.5 Å². The van der Waals surface area contributed by atoms with E-state index in [1.807, 2.05) is 25.7 Å². The van der Waals surface area contributed by atoms with Gasteiger partial charge < -0.3 is 14.1 Å². The van der Waals surface area contributed by atoms with Crippen LogP contribution in [-0.2, 0) is 4.74 Å². The van der Waals surface area contributed by atoms with Gasteiger partial charge in [0, 0.05) is 12.6 Å². The van der Waals surface area contributed by atoms with Crippen molar-refractivity contribution in [1.29, 1.82) is 0 Å². The molecule has 0 saturated carbocycles. The van der Waals surface area contributed by atoms with Crippen molar-refractivity contribution in [2.75, 3.05) is 6.54 Å². The average molecular weight is 399 g/mol. The summed E-state index contributed by atoms with van der Waals surface area (Å²) in [5.41, 5.74) is 0.332. The van der Waals surface area contributed by atoms with Gasteiger partial charge in [-0.2, -0.15) is 4.99 Å². The van der Waals surface area contributed by atoms with Crippen molar-refractivity contribution in [3.63, 3.8) is 0 Å². The van der Waals surface area contributed by atoms with Gasteiger partial charge >= 0.3 is 6.09 Å². The van der Waals surface area contributed by atoms with Crippen LogP contribution in [0.1, 0.15) is 52.2 Å². The summed E-state index contributed by atoms with van der Waals surface area (Å²) < 4.78 is 10.6. The second-order valence-corrected chi connectivity index (χ2v) is 8.50. The zero-order valence-corrected chi connectivity index (χ0v) is 17.0. The van der Waals surface area contributed by atoms with Crippen molar-refractivity contribution in [2.24, 2.45) is 20.9 Å². The molecular weight excluding hydrogens is 372 g/mol. The van der Waals surface area contributed by atoms with E-state index in [1.54, 1.807) is 30.8 Å². The van der Waals surface area contributed by atoms with Crippen LogP contribution in [0.4, 0.5) is 4.79 Å². The van der Waals surface area contributed by atoms with Crippen LogP contribution >= 0.6 is 0 Å². The number of amidine groups is 2. The lowest BCUT2D eigenvalue weighted by molar-refractivity contribution is -0.803. The minimum Gasteiger partial charge on any atom is -0.461 e. The Morgan fingerprint density at radius 1 is 1.45 bits per heavy atom. The summed E-state index contributed by atoms with van der Waals surface area (Å²) in [6.45, 7) is 6.38. The fourth-order valence-corrected chi connectivity index (χ4v) is 3.69. The Bertz CT molecular complexity index is 909. The molecule has 2 N–H and O–H groups in total. The fraction of sp³-hybridized carbons (Fsp3) is 0.500. The lowest BCUT2D eigenvalue weighted by atomic mass is 10.1. The molecule has 0 radical (unpaired) electrons. The topological polar surface area (TPSA) is 106 Å². The van der Waals surface area contributed by atoms with E-state index in [-0.39, 0.29) is 16.8 Å². The van der Waals surface area contributed by atoms with Crippen LogP contribution in [0.2, 0.25) is 0 Å². The molecule has 2 atom stereocenters. The Balaban J connectivity index is 1.41. The second-order valence-electron chi connectivity index (χ2n) is 8.50. The maximum atomic E-state index is 12.5. The molecule has 1 aromatic heterocycles. The van der Waals surface area contributed by atoms with Crippen molar-refractivity contribution in [2.45, 2.75) is 58.1 Å². The Hall–Kier alpha value is -2.78. The molecule has 1 saturated heterocycles. The second kappa shape index (κ2) is 7.23. The van der Waals surface area contributed by atoms with E-state index in [2.05, 4.69) is 15.1 Å². The number of rotatable bonds is 4. The van der Waals surface area contributed by atoms with Crippen molar-refractivity contribution in [3.05, 3.63) is 36.1 Å². The van der Waals surface area contributed by atoms with E-state index in [0.29, 0.717) is 23.9 Å². The molecule has 154 valence electrons.